The Labute approximate surface area is 120 Å². The third-order valence-corrected chi connectivity index (χ3v) is 3.01. The molecule has 0 aliphatic rings. The van der Waals surface area contributed by atoms with E-state index in [4.69, 9.17) is 10.8 Å². The zero-order chi connectivity index (χ0) is 15.5. The summed E-state index contributed by atoms with van der Waals surface area (Å²) in [6.07, 6.45) is -6.21. The Morgan fingerprint density at radius 2 is 2.00 bits per heavy atom. The Morgan fingerprint density at radius 1 is 1.40 bits per heavy atom. The lowest BCUT2D eigenvalue weighted by Gasteiger charge is -2.12. The van der Waals surface area contributed by atoms with Crippen LogP contribution < -0.4 is 11.1 Å². The monoisotopic (exact) mass is 354 g/mol. The minimum Gasteiger partial charge on any atom is -0.381 e. The molecule has 0 aliphatic heterocycles. The molecule has 0 aromatic heterocycles. The van der Waals surface area contributed by atoms with Crippen LogP contribution in [0, 0.1) is 0 Å². The number of carbonyl (C=O) groups is 2. The van der Waals surface area contributed by atoms with Gasteiger partial charge in [0, 0.05) is 10.0 Å². The quantitative estimate of drug-likeness (QED) is 0.754. The van der Waals surface area contributed by atoms with Crippen molar-refractivity contribution in [2.24, 2.45) is 5.73 Å². The van der Waals surface area contributed by atoms with Gasteiger partial charge in [0.1, 0.15) is 6.10 Å². The highest BCUT2D eigenvalue weighted by atomic mass is 79.9. The number of hydrogen-bond acceptors (Lipinski definition) is 3. The van der Waals surface area contributed by atoms with Gasteiger partial charge in [-0.25, -0.2) is 0 Å². The Kier molecular flexibility index (Phi) is 5.12. The number of amides is 2. The highest BCUT2D eigenvalue weighted by molar-refractivity contribution is 9.10. The molecule has 0 saturated heterocycles. The van der Waals surface area contributed by atoms with Crippen LogP contribution in [0.4, 0.5) is 13.2 Å². The summed E-state index contributed by atoms with van der Waals surface area (Å²) >= 11 is 2.74. The van der Waals surface area contributed by atoms with Crippen LogP contribution in [0.5, 0.6) is 0 Å². The van der Waals surface area contributed by atoms with Crippen LogP contribution in [0.15, 0.2) is 22.7 Å². The summed E-state index contributed by atoms with van der Waals surface area (Å²) < 4.78 is 37.8. The van der Waals surface area contributed by atoms with Crippen molar-refractivity contribution >= 4 is 27.7 Å². The van der Waals surface area contributed by atoms with Gasteiger partial charge in [-0.05, 0) is 18.2 Å². The summed E-state index contributed by atoms with van der Waals surface area (Å²) in [5.74, 6) is -1.90. The first-order valence-corrected chi connectivity index (χ1v) is 6.04. The summed E-state index contributed by atoms with van der Waals surface area (Å²) in [6, 6.07) is 2.92. The van der Waals surface area contributed by atoms with Crippen molar-refractivity contribution in [3.63, 3.8) is 0 Å². The van der Waals surface area contributed by atoms with E-state index in [-0.39, 0.29) is 10.0 Å². The number of aliphatic hydroxyl groups is 1. The summed E-state index contributed by atoms with van der Waals surface area (Å²) in [4.78, 5) is 22.1. The average Bonchev–Trinajstić information content (AvgIpc) is 2.34. The van der Waals surface area contributed by atoms with Gasteiger partial charge in [0.25, 0.3) is 5.91 Å². The number of rotatable bonds is 4. The van der Waals surface area contributed by atoms with Gasteiger partial charge in [0.05, 0.1) is 12.1 Å². The molecule has 1 unspecified atom stereocenters. The van der Waals surface area contributed by atoms with Crippen LogP contribution in [0.25, 0.3) is 0 Å². The molecule has 1 aromatic rings. The number of primary amides is 1. The van der Waals surface area contributed by atoms with Crippen molar-refractivity contribution in [2.45, 2.75) is 12.3 Å². The minimum absolute atomic E-state index is 0.196. The predicted octanol–water partition coefficient (Wildman–Crippen LogP) is 1.04. The SMILES string of the molecule is NC(=O)C(O)CNC(=O)c1ccc(Br)c(C(F)(F)F)c1. The molecule has 0 radical (unpaired) electrons. The Bertz CT molecular complexity index is 534. The number of hydrogen-bond donors (Lipinski definition) is 3. The molecule has 5 nitrogen and oxygen atoms in total. The van der Waals surface area contributed by atoms with Gasteiger partial charge in [-0.1, -0.05) is 15.9 Å². The zero-order valence-electron chi connectivity index (χ0n) is 9.87. The van der Waals surface area contributed by atoms with E-state index >= 15 is 0 Å². The maximum atomic E-state index is 12.6. The molecular formula is C11H10BrF3N2O3. The summed E-state index contributed by atoms with van der Waals surface area (Å²) in [5, 5.41) is 11.2. The number of halogens is 4. The van der Waals surface area contributed by atoms with Gasteiger partial charge in [0.15, 0.2) is 0 Å². The molecule has 0 bridgehead atoms. The van der Waals surface area contributed by atoms with E-state index in [0.29, 0.717) is 6.07 Å². The number of nitrogens with one attached hydrogen (secondary N) is 1. The lowest BCUT2D eigenvalue weighted by atomic mass is 10.1. The maximum Gasteiger partial charge on any atom is 0.417 e. The predicted molar refractivity (Wildman–Crippen MR) is 66.7 cm³/mol. The molecule has 2 amide bonds. The van der Waals surface area contributed by atoms with Crippen LogP contribution in [0.2, 0.25) is 0 Å². The van der Waals surface area contributed by atoms with Crippen molar-refractivity contribution < 1.29 is 27.9 Å². The van der Waals surface area contributed by atoms with Crippen LogP contribution in [-0.4, -0.2) is 29.6 Å². The van der Waals surface area contributed by atoms with Crippen molar-refractivity contribution in [2.75, 3.05) is 6.54 Å². The van der Waals surface area contributed by atoms with E-state index < -0.39 is 36.2 Å². The lowest BCUT2D eigenvalue weighted by Crippen LogP contribution is -2.40. The van der Waals surface area contributed by atoms with Crippen LogP contribution in [-0.2, 0) is 11.0 Å². The summed E-state index contributed by atoms with van der Waals surface area (Å²) in [6.45, 7) is -0.481. The van der Waals surface area contributed by atoms with Crippen LogP contribution in [0.3, 0.4) is 0 Å². The lowest BCUT2D eigenvalue weighted by molar-refractivity contribution is -0.138. The average molecular weight is 355 g/mol. The molecule has 0 spiro atoms. The smallest absolute Gasteiger partial charge is 0.381 e. The number of benzene rings is 1. The third kappa shape index (κ3) is 4.20. The molecule has 0 aliphatic carbocycles. The topological polar surface area (TPSA) is 92.4 Å². The van der Waals surface area contributed by atoms with Gasteiger partial charge < -0.3 is 16.2 Å². The minimum atomic E-state index is -4.61. The maximum absolute atomic E-state index is 12.6. The van der Waals surface area contributed by atoms with Gasteiger partial charge in [-0.15, -0.1) is 0 Å². The largest absolute Gasteiger partial charge is 0.417 e. The van der Waals surface area contributed by atoms with Crippen molar-refractivity contribution in [3.8, 4) is 0 Å². The molecule has 0 fully saturated rings. The van der Waals surface area contributed by atoms with Crippen molar-refractivity contribution in [1.29, 1.82) is 0 Å². The van der Waals surface area contributed by atoms with E-state index in [2.05, 4.69) is 21.2 Å². The van der Waals surface area contributed by atoms with Gasteiger partial charge in [-0.2, -0.15) is 13.2 Å². The third-order valence-electron chi connectivity index (χ3n) is 2.32. The van der Waals surface area contributed by atoms with Crippen molar-refractivity contribution in [3.05, 3.63) is 33.8 Å². The van der Waals surface area contributed by atoms with E-state index in [1.54, 1.807) is 0 Å². The second-order valence-electron chi connectivity index (χ2n) is 3.82. The molecule has 1 rings (SSSR count). The summed E-state index contributed by atoms with van der Waals surface area (Å²) in [7, 11) is 0. The molecule has 9 heteroatoms. The number of nitrogens with two attached hydrogens (primary N) is 1. The van der Waals surface area contributed by atoms with Crippen molar-refractivity contribution in [1.82, 2.24) is 5.32 Å². The normalized spacial score (nSPS) is 12.8. The van der Waals surface area contributed by atoms with Gasteiger partial charge >= 0.3 is 6.18 Å². The first kappa shape index (κ1) is 16.4. The standard InChI is InChI=1S/C11H10BrF3N2O3/c12-7-2-1-5(3-6(7)11(13,14)15)10(20)17-4-8(18)9(16)19/h1-3,8,18H,4H2,(H2,16,19)(H,17,20). The first-order valence-electron chi connectivity index (χ1n) is 5.25. The van der Waals surface area contributed by atoms with Gasteiger partial charge in [0.2, 0.25) is 5.91 Å². The van der Waals surface area contributed by atoms with Gasteiger partial charge in [-0.3, -0.25) is 9.59 Å². The fourth-order valence-electron chi connectivity index (χ4n) is 1.28. The highest BCUT2D eigenvalue weighted by Crippen LogP contribution is 2.35. The molecule has 4 N–H and O–H groups in total. The molecule has 20 heavy (non-hydrogen) atoms. The molecule has 1 atom stereocenters. The number of alkyl halides is 3. The Morgan fingerprint density at radius 3 is 2.50 bits per heavy atom. The second kappa shape index (κ2) is 6.23. The van der Waals surface area contributed by atoms with E-state index in [1.165, 1.54) is 6.07 Å². The molecular weight excluding hydrogens is 345 g/mol. The molecule has 1 aromatic carbocycles. The number of carbonyl (C=O) groups excluding carboxylic acids is 2. The Balaban J connectivity index is 2.87. The van der Waals surface area contributed by atoms with Crippen LogP contribution in [0.1, 0.15) is 15.9 Å². The molecule has 0 heterocycles. The van der Waals surface area contributed by atoms with Crippen LogP contribution >= 0.6 is 15.9 Å². The fourth-order valence-corrected chi connectivity index (χ4v) is 1.75. The molecule has 110 valence electrons. The summed E-state index contributed by atoms with van der Waals surface area (Å²) in [5.41, 5.74) is 3.51. The van der Waals surface area contributed by atoms with E-state index in [0.717, 1.165) is 6.07 Å². The second-order valence-corrected chi connectivity index (χ2v) is 4.67. The first-order chi connectivity index (χ1) is 9.12. The van der Waals surface area contributed by atoms with E-state index in [1.807, 2.05) is 0 Å². The zero-order valence-corrected chi connectivity index (χ0v) is 11.5. The molecule has 0 saturated carbocycles. The number of aliphatic hydroxyl groups excluding tert-OH is 1. The van der Waals surface area contributed by atoms with E-state index in [9.17, 15) is 22.8 Å². The fraction of sp³-hybridized carbons (Fsp3) is 0.273. The highest BCUT2D eigenvalue weighted by Gasteiger charge is 2.33. The Hall–Kier alpha value is -1.61.